The highest BCUT2D eigenvalue weighted by Gasteiger charge is 2.25. The lowest BCUT2D eigenvalue weighted by Crippen LogP contribution is -2.40. The van der Waals surface area contributed by atoms with Crippen LogP contribution in [0, 0.1) is 5.92 Å². The summed E-state index contributed by atoms with van der Waals surface area (Å²) < 4.78 is 1.72. The van der Waals surface area contributed by atoms with Crippen molar-refractivity contribution in [1.29, 1.82) is 0 Å². The van der Waals surface area contributed by atoms with Crippen LogP contribution in [-0.4, -0.2) is 58.7 Å². The smallest absolute Gasteiger partial charge is 0.272 e. The predicted molar refractivity (Wildman–Crippen MR) is 117 cm³/mol. The van der Waals surface area contributed by atoms with Crippen LogP contribution in [0.4, 0.5) is 0 Å². The van der Waals surface area contributed by atoms with Crippen molar-refractivity contribution in [2.75, 3.05) is 33.2 Å². The fourth-order valence-corrected chi connectivity index (χ4v) is 4.38. The standard InChI is InChI=1S/C24H30N4O/c1-26(24(29)23-21-10-6-7-11-22(21)25-27(23)2)18-20-13-16-28(17-14-20)15-12-19-8-4-3-5-9-19/h3-11,20H,12-18H2,1-2H3. The number of benzene rings is 2. The first-order valence-electron chi connectivity index (χ1n) is 10.6. The van der Waals surface area contributed by atoms with Gasteiger partial charge in [-0.2, -0.15) is 5.10 Å². The van der Waals surface area contributed by atoms with E-state index in [1.807, 2.05) is 43.3 Å². The van der Waals surface area contributed by atoms with Gasteiger partial charge in [0.05, 0.1) is 5.52 Å². The summed E-state index contributed by atoms with van der Waals surface area (Å²) in [4.78, 5) is 17.5. The van der Waals surface area contributed by atoms with Crippen LogP contribution >= 0.6 is 0 Å². The highest BCUT2D eigenvalue weighted by molar-refractivity contribution is 6.04. The summed E-state index contributed by atoms with van der Waals surface area (Å²) in [5.74, 6) is 0.629. The molecule has 0 atom stereocenters. The van der Waals surface area contributed by atoms with Crippen molar-refractivity contribution in [3.05, 3.63) is 65.9 Å². The first-order valence-corrected chi connectivity index (χ1v) is 10.6. The van der Waals surface area contributed by atoms with Gasteiger partial charge in [0.25, 0.3) is 5.91 Å². The van der Waals surface area contributed by atoms with Crippen LogP contribution in [0.2, 0.25) is 0 Å². The molecule has 4 rings (SSSR count). The average molecular weight is 391 g/mol. The van der Waals surface area contributed by atoms with Gasteiger partial charge >= 0.3 is 0 Å². The molecule has 0 N–H and O–H groups in total. The second-order valence-electron chi connectivity index (χ2n) is 8.20. The van der Waals surface area contributed by atoms with Crippen LogP contribution in [0.3, 0.4) is 0 Å². The fourth-order valence-electron chi connectivity index (χ4n) is 4.38. The fraction of sp³-hybridized carbons (Fsp3) is 0.417. The summed E-state index contributed by atoms with van der Waals surface area (Å²) >= 11 is 0. The molecule has 5 nitrogen and oxygen atoms in total. The molecule has 0 unspecified atom stereocenters. The molecular weight excluding hydrogens is 360 g/mol. The van der Waals surface area contributed by atoms with Gasteiger partial charge in [0, 0.05) is 32.6 Å². The molecule has 0 saturated carbocycles. The van der Waals surface area contributed by atoms with E-state index in [9.17, 15) is 4.79 Å². The lowest BCUT2D eigenvalue weighted by Gasteiger charge is -2.34. The molecule has 3 aromatic rings. The van der Waals surface area contributed by atoms with Crippen LogP contribution in [0.25, 0.3) is 10.9 Å². The highest BCUT2D eigenvalue weighted by Crippen LogP contribution is 2.22. The largest absolute Gasteiger partial charge is 0.340 e. The maximum atomic E-state index is 13.1. The molecule has 0 radical (unpaired) electrons. The molecule has 1 fully saturated rings. The molecule has 152 valence electrons. The Balaban J connectivity index is 1.30. The first-order chi connectivity index (χ1) is 14.1. The zero-order chi connectivity index (χ0) is 20.2. The molecule has 5 heteroatoms. The Bertz CT molecular complexity index is 957. The van der Waals surface area contributed by atoms with Crippen LogP contribution in [0.1, 0.15) is 28.9 Å². The number of fused-ring (bicyclic) bond motifs is 1. The van der Waals surface area contributed by atoms with Gasteiger partial charge in [-0.3, -0.25) is 9.48 Å². The number of hydrogen-bond acceptors (Lipinski definition) is 3. The van der Waals surface area contributed by atoms with E-state index in [-0.39, 0.29) is 5.91 Å². The molecule has 1 aliphatic heterocycles. The zero-order valence-corrected chi connectivity index (χ0v) is 17.4. The van der Waals surface area contributed by atoms with Crippen molar-refractivity contribution in [3.8, 4) is 0 Å². The number of hydrogen-bond donors (Lipinski definition) is 0. The minimum atomic E-state index is 0.0627. The number of aryl methyl sites for hydroxylation is 1. The van der Waals surface area contributed by atoms with Crippen molar-refractivity contribution >= 4 is 16.8 Å². The molecule has 1 aromatic heterocycles. The third-order valence-corrected chi connectivity index (χ3v) is 6.09. The summed E-state index contributed by atoms with van der Waals surface area (Å²) in [5.41, 5.74) is 2.96. The average Bonchev–Trinajstić information content (AvgIpc) is 3.09. The zero-order valence-electron chi connectivity index (χ0n) is 17.4. The molecule has 2 heterocycles. The van der Waals surface area contributed by atoms with Crippen LogP contribution < -0.4 is 0 Å². The van der Waals surface area contributed by atoms with Crippen molar-refractivity contribution in [3.63, 3.8) is 0 Å². The molecule has 1 saturated heterocycles. The molecule has 0 bridgehead atoms. The molecule has 1 aliphatic rings. The molecule has 0 spiro atoms. The van der Waals surface area contributed by atoms with Gasteiger partial charge in [-0.1, -0.05) is 48.5 Å². The van der Waals surface area contributed by atoms with Crippen molar-refractivity contribution < 1.29 is 4.79 Å². The van der Waals surface area contributed by atoms with Crippen LogP contribution in [0.5, 0.6) is 0 Å². The normalized spacial score (nSPS) is 15.7. The summed E-state index contributed by atoms with van der Waals surface area (Å²) in [5, 5.41) is 5.41. The Morgan fingerprint density at radius 1 is 1.07 bits per heavy atom. The molecular formula is C24H30N4O. The SMILES string of the molecule is CN(CC1CCN(CCc2ccccc2)CC1)C(=O)c1c2ccccc2nn1C. The minimum Gasteiger partial charge on any atom is -0.340 e. The van der Waals surface area contributed by atoms with Gasteiger partial charge in [-0.15, -0.1) is 0 Å². The van der Waals surface area contributed by atoms with Crippen molar-refractivity contribution in [1.82, 2.24) is 19.6 Å². The van der Waals surface area contributed by atoms with E-state index in [2.05, 4.69) is 40.3 Å². The lowest BCUT2D eigenvalue weighted by atomic mass is 9.95. The monoisotopic (exact) mass is 390 g/mol. The number of piperidine rings is 1. The third-order valence-electron chi connectivity index (χ3n) is 6.09. The Morgan fingerprint density at radius 3 is 2.52 bits per heavy atom. The Labute approximate surface area is 172 Å². The number of amides is 1. The van der Waals surface area contributed by atoms with Gasteiger partial charge in [-0.25, -0.2) is 0 Å². The first kappa shape index (κ1) is 19.6. The maximum absolute atomic E-state index is 13.1. The van der Waals surface area contributed by atoms with Crippen LogP contribution in [0.15, 0.2) is 54.6 Å². The minimum absolute atomic E-state index is 0.0627. The summed E-state index contributed by atoms with van der Waals surface area (Å²) in [6.07, 6.45) is 3.41. The highest BCUT2D eigenvalue weighted by atomic mass is 16.2. The van der Waals surface area contributed by atoms with Gasteiger partial charge in [0.15, 0.2) is 0 Å². The molecule has 2 aromatic carbocycles. The number of carbonyl (C=O) groups is 1. The molecule has 0 aliphatic carbocycles. The Morgan fingerprint density at radius 2 is 1.76 bits per heavy atom. The molecule has 1 amide bonds. The topological polar surface area (TPSA) is 41.4 Å². The van der Waals surface area contributed by atoms with E-state index in [1.54, 1.807) is 4.68 Å². The van der Waals surface area contributed by atoms with Crippen molar-refractivity contribution in [2.45, 2.75) is 19.3 Å². The maximum Gasteiger partial charge on any atom is 0.272 e. The second kappa shape index (κ2) is 8.78. The number of rotatable bonds is 6. The summed E-state index contributed by atoms with van der Waals surface area (Å²) in [6, 6.07) is 18.6. The third kappa shape index (κ3) is 4.51. The predicted octanol–water partition coefficient (Wildman–Crippen LogP) is 3.60. The van der Waals surface area contributed by atoms with E-state index in [0.717, 1.165) is 56.3 Å². The van der Waals surface area contributed by atoms with Crippen LogP contribution in [-0.2, 0) is 13.5 Å². The lowest BCUT2D eigenvalue weighted by molar-refractivity contribution is 0.0731. The quantitative estimate of drug-likeness (QED) is 0.646. The number of likely N-dealkylation sites (tertiary alicyclic amines) is 1. The summed E-state index contributed by atoms with van der Waals surface area (Å²) in [6.45, 7) is 4.17. The van der Waals surface area contributed by atoms with E-state index < -0.39 is 0 Å². The second-order valence-corrected chi connectivity index (χ2v) is 8.20. The Hall–Kier alpha value is -2.66. The summed E-state index contributed by atoms with van der Waals surface area (Å²) in [7, 11) is 3.78. The van der Waals surface area contributed by atoms with Gasteiger partial charge < -0.3 is 9.80 Å². The number of carbonyl (C=O) groups excluding carboxylic acids is 1. The Kier molecular flexibility index (Phi) is 5.95. The van der Waals surface area contributed by atoms with Gasteiger partial charge in [0.1, 0.15) is 5.69 Å². The number of aromatic nitrogens is 2. The molecule has 29 heavy (non-hydrogen) atoms. The number of nitrogens with zero attached hydrogens (tertiary/aromatic N) is 4. The van der Waals surface area contributed by atoms with E-state index in [4.69, 9.17) is 0 Å². The van der Waals surface area contributed by atoms with E-state index >= 15 is 0 Å². The van der Waals surface area contributed by atoms with E-state index in [0.29, 0.717) is 11.6 Å². The van der Waals surface area contributed by atoms with Gasteiger partial charge in [-0.05, 0) is 49.9 Å². The van der Waals surface area contributed by atoms with Crippen molar-refractivity contribution in [2.24, 2.45) is 13.0 Å². The van der Waals surface area contributed by atoms with Gasteiger partial charge in [0.2, 0.25) is 0 Å². The van der Waals surface area contributed by atoms with E-state index in [1.165, 1.54) is 5.56 Å².